The molecule has 0 aromatic rings. The van der Waals surface area contributed by atoms with Crippen molar-refractivity contribution in [1.29, 1.82) is 0 Å². The molecule has 3 unspecified atom stereocenters. The third kappa shape index (κ3) is 3.60. The first-order chi connectivity index (χ1) is 9.78. The molecule has 3 N–H and O–H groups in total. The van der Waals surface area contributed by atoms with E-state index < -0.39 is 15.4 Å². The molecule has 1 saturated heterocycles. The molecule has 5 nitrogen and oxygen atoms in total. The maximum atomic E-state index is 12.6. The van der Waals surface area contributed by atoms with Gasteiger partial charge in [-0.1, -0.05) is 6.42 Å². The quantitative estimate of drug-likeness (QED) is 0.784. The zero-order valence-electron chi connectivity index (χ0n) is 13.1. The molecular weight excluding hydrogens is 324 g/mol. The van der Waals surface area contributed by atoms with Gasteiger partial charge in [0.2, 0.25) is 5.91 Å². The first kappa shape index (κ1) is 18.0. The second-order valence-corrected chi connectivity index (χ2v) is 9.77. The normalized spacial score (nSPS) is 43.2. The number of halogens is 1. The number of nitrogens with two attached hydrogens (primary N) is 1. The lowest BCUT2D eigenvalue weighted by atomic mass is 9.65. The Hall–Kier alpha value is -0.330. The van der Waals surface area contributed by atoms with Crippen LogP contribution in [0.2, 0.25) is 0 Å². The summed E-state index contributed by atoms with van der Waals surface area (Å²) in [5, 5.41) is 3.03. The largest absolute Gasteiger partial charge is 0.350 e. The summed E-state index contributed by atoms with van der Waals surface area (Å²) in [6, 6.07) is 0.255. The standard InChI is InChI=1S/C15H26N2O3S.ClH/c1-15(5-6-21(19,20)9-15)17-14(18)12-7-10-3-2-4-11(8-12)13(10)16;/h10-13H,2-9,16H2,1H3,(H,17,18);1H. The smallest absolute Gasteiger partial charge is 0.223 e. The fraction of sp³-hybridized carbons (Fsp3) is 0.933. The number of rotatable bonds is 2. The summed E-state index contributed by atoms with van der Waals surface area (Å²) in [5.74, 6) is 1.25. The summed E-state index contributed by atoms with van der Waals surface area (Å²) in [5.41, 5.74) is 5.68. The summed E-state index contributed by atoms with van der Waals surface area (Å²) < 4.78 is 23.3. The number of nitrogens with one attached hydrogen (secondary N) is 1. The van der Waals surface area contributed by atoms with Gasteiger partial charge in [-0.15, -0.1) is 12.4 Å². The van der Waals surface area contributed by atoms with E-state index in [0.29, 0.717) is 18.3 Å². The van der Waals surface area contributed by atoms with Crippen molar-refractivity contribution >= 4 is 28.2 Å². The number of amides is 1. The van der Waals surface area contributed by atoms with E-state index in [1.807, 2.05) is 6.92 Å². The van der Waals surface area contributed by atoms with Crippen LogP contribution in [0.25, 0.3) is 0 Å². The highest BCUT2D eigenvalue weighted by molar-refractivity contribution is 7.91. The van der Waals surface area contributed by atoms with Gasteiger partial charge in [0, 0.05) is 12.0 Å². The number of carbonyl (C=O) groups is 1. The van der Waals surface area contributed by atoms with E-state index in [4.69, 9.17) is 5.73 Å². The third-order valence-corrected chi connectivity index (χ3v) is 7.62. The van der Waals surface area contributed by atoms with Crippen LogP contribution in [0.5, 0.6) is 0 Å². The summed E-state index contributed by atoms with van der Waals surface area (Å²) >= 11 is 0. The van der Waals surface area contributed by atoms with Crippen molar-refractivity contribution < 1.29 is 13.2 Å². The van der Waals surface area contributed by atoms with Gasteiger partial charge in [0.1, 0.15) is 0 Å². The molecule has 3 rings (SSSR count). The Morgan fingerprint density at radius 1 is 1.23 bits per heavy atom. The van der Waals surface area contributed by atoms with Crippen molar-refractivity contribution in [3.05, 3.63) is 0 Å². The molecular formula is C15H27ClN2O3S. The van der Waals surface area contributed by atoms with E-state index in [1.54, 1.807) is 0 Å². The second kappa shape index (κ2) is 6.29. The number of hydrogen-bond donors (Lipinski definition) is 2. The molecule has 2 saturated carbocycles. The van der Waals surface area contributed by atoms with Crippen molar-refractivity contribution in [1.82, 2.24) is 5.32 Å². The highest BCUT2D eigenvalue weighted by Crippen LogP contribution is 2.42. The SMILES string of the molecule is CC1(NC(=O)C2CC3CCCC(C2)C3N)CCS(=O)(=O)C1.Cl. The molecule has 0 aromatic carbocycles. The number of sulfone groups is 1. The number of fused-ring (bicyclic) bond motifs is 2. The predicted octanol–water partition coefficient (Wildman–Crippen LogP) is 1.26. The minimum atomic E-state index is -2.99. The molecule has 7 heteroatoms. The highest BCUT2D eigenvalue weighted by atomic mass is 35.5. The molecule has 0 spiro atoms. The van der Waals surface area contributed by atoms with Crippen LogP contribution in [-0.2, 0) is 14.6 Å². The van der Waals surface area contributed by atoms with E-state index in [0.717, 1.165) is 25.7 Å². The van der Waals surface area contributed by atoms with Crippen LogP contribution < -0.4 is 11.1 Å². The van der Waals surface area contributed by atoms with Crippen LogP contribution in [0.15, 0.2) is 0 Å². The van der Waals surface area contributed by atoms with Gasteiger partial charge in [-0.25, -0.2) is 8.42 Å². The summed E-state index contributed by atoms with van der Waals surface area (Å²) in [4.78, 5) is 12.6. The fourth-order valence-electron chi connectivity index (χ4n) is 4.51. The average Bonchev–Trinajstić information content (AvgIpc) is 2.62. The van der Waals surface area contributed by atoms with Gasteiger partial charge >= 0.3 is 0 Å². The molecule has 2 aliphatic carbocycles. The zero-order chi connectivity index (χ0) is 15.3. The van der Waals surface area contributed by atoms with E-state index in [-0.39, 0.29) is 41.8 Å². The Balaban J connectivity index is 0.00000176. The molecule has 22 heavy (non-hydrogen) atoms. The van der Waals surface area contributed by atoms with Gasteiger partial charge in [-0.3, -0.25) is 4.79 Å². The van der Waals surface area contributed by atoms with Gasteiger partial charge in [0.05, 0.1) is 17.0 Å². The monoisotopic (exact) mass is 350 g/mol. The molecule has 3 fully saturated rings. The van der Waals surface area contributed by atoms with Crippen LogP contribution in [0.1, 0.15) is 45.4 Å². The molecule has 0 radical (unpaired) electrons. The summed E-state index contributed by atoms with van der Waals surface area (Å²) in [6.45, 7) is 1.85. The molecule has 1 aliphatic heterocycles. The lowest BCUT2D eigenvalue weighted by molar-refractivity contribution is -0.129. The lowest BCUT2D eigenvalue weighted by Crippen LogP contribution is -2.53. The molecule has 1 heterocycles. The summed E-state index contributed by atoms with van der Waals surface area (Å²) in [6.07, 6.45) is 5.76. The Morgan fingerprint density at radius 3 is 2.32 bits per heavy atom. The number of carbonyl (C=O) groups excluding carboxylic acids is 1. The minimum absolute atomic E-state index is 0. The summed E-state index contributed by atoms with van der Waals surface area (Å²) in [7, 11) is -2.99. The maximum Gasteiger partial charge on any atom is 0.223 e. The molecule has 128 valence electrons. The minimum Gasteiger partial charge on any atom is -0.350 e. The Labute approximate surface area is 139 Å². The molecule has 3 atom stereocenters. The van der Waals surface area contributed by atoms with Crippen molar-refractivity contribution in [2.45, 2.75) is 57.0 Å². The maximum absolute atomic E-state index is 12.6. The topological polar surface area (TPSA) is 89.3 Å². The van der Waals surface area contributed by atoms with Gasteiger partial charge in [0.15, 0.2) is 9.84 Å². The van der Waals surface area contributed by atoms with Crippen LogP contribution in [0.3, 0.4) is 0 Å². The molecule has 1 amide bonds. The Morgan fingerprint density at radius 2 is 1.82 bits per heavy atom. The van der Waals surface area contributed by atoms with Crippen molar-refractivity contribution in [3.63, 3.8) is 0 Å². The third-order valence-electron chi connectivity index (χ3n) is 5.71. The van der Waals surface area contributed by atoms with E-state index in [9.17, 15) is 13.2 Å². The van der Waals surface area contributed by atoms with Gasteiger partial charge in [-0.05, 0) is 50.9 Å². The van der Waals surface area contributed by atoms with E-state index >= 15 is 0 Å². The van der Waals surface area contributed by atoms with Crippen molar-refractivity contribution in [2.24, 2.45) is 23.5 Å². The Bertz CT molecular complexity index is 525. The lowest BCUT2D eigenvalue weighted by Gasteiger charge is -2.44. The predicted molar refractivity (Wildman–Crippen MR) is 88.6 cm³/mol. The van der Waals surface area contributed by atoms with Crippen LogP contribution in [-0.4, -0.2) is 37.4 Å². The average molecular weight is 351 g/mol. The fourth-order valence-corrected chi connectivity index (χ4v) is 6.60. The number of hydrogen-bond acceptors (Lipinski definition) is 4. The van der Waals surface area contributed by atoms with Crippen molar-refractivity contribution in [3.8, 4) is 0 Å². The second-order valence-electron chi connectivity index (χ2n) is 7.59. The van der Waals surface area contributed by atoms with Crippen molar-refractivity contribution in [2.75, 3.05) is 11.5 Å². The Kier molecular flexibility index (Phi) is 5.15. The van der Waals surface area contributed by atoms with Crippen LogP contribution in [0, 0.1) is 17.8 Å². The van der Waals surface area contributed by atoms with Crippen LogP contribution >= 0.6 is 12.4 Å². The zero-order valence-corrected chi connectivity index (χ0v) is 14.7. The first-order valence-electron chi connectivity index (χ1n) is 8.06. The highest BCUT2D eigenvalue weighted by Gasteiger charge is 2.44. The molecule has 3 aliphatic rings. The van der Waals surface area contributed by atoms with E-state index in [2.05, 4.69) is 5.32 Å². The van der Waals surface area contributed by atoms with Gasteiger partial charge in [-0.2, -0.15) is 0 Å². The van der Waals surface area contributed by atoms with Gasteiger partial charge < -0.3 is 11.1 Å². The first-order valence-corrected chi connectivity index (χ1v) is 9.88. The van der Waals surface area contributed by atoms with Gasteiger partial charge in [0.25, 0.3) is 0 Å². The molecule has 0 aromatic heterocycles. The molecule has 2 bridgehead atoms. The van der Waals surface area contributed by atoms with Crippen LogP contribution in [0.4, 0.5) is 0 Å². The van der Waals surface area contributed by atoms with E-state index in [1.165, 1.54) is 6.42 Å².